The minimum Gasteiger partial charge on any atom is -0.326 e. The number of imide groups is 1. The summed E-state index contributed by atoms with van der Waals surface area (Å²) in [4.78, 5) is 55.2. The van der Waals surface area contributed by atoms with Crippen LogP contribution >= 0.6 is 11.3 Å². The van der Waals surface area contributed by atoms with Crippen LogP contribution in [-0.4, -0.2) is 40.1 Å². The van der Waals surface area contributed by atoms with Crippen molar-refractivity contribution < 1.29 is 19.2 Å². The molecular formula is C25H20N4O4S. The molecule has 0 saturated heterocycles. The van der Waals surface area contributed by atoms with Crippen molar-refractivity contribution in [1.29, 1.82) is 0 Å². The normalized spacial score (nSPS) is 12.9. The maximum atomic E-state index is 12.9. The lowest BCUT2D eigenvalue weighted by atomic mass is 9.94. The third-order valence-electron chi connectivity index (χ3n) is 5.60. The van der Waals surface area contributed by atoms with Crippen molar-refractivity contribution >= 4 is 66.8 Å². The van der Waals surface area contributed by atoms with E-state index in [1.807, 2.05) is 12.1 Å². The standard InChI is InChI=1S/C25H20N4O4S/c1-14(30)26-16-10-11-19-20(13-16)34-25(27-19)28-21(31)9-4-12-29-23(32)17-7-2-5-15-6-3-8-18(22(15)17)24(29)33/h2-3,5-8,10-11,13H,4,9,12H2,1H3,(H,26,30)(H,27,28,31). The summed E-state index contributed by atoms with van der Waals surface area (Å²) in [6, 6.07) is 16.2. The van der Waals surface area contributed by atoms with Crippen LogP contribution in [0.4, 0.5) is 10.8 Å². The molecule has 1 aliphatic rings. The van der Waals surface area contributed by atoms with Gasteiger partial charge in [-0.2, -0.15) is 0 Å². The van der Waals surface area contributed by atoms with Crippen molar-refractivity contribution in [3.63, 3.8) is 0 Å². The Kier molecular flexibility index (Phi) is 5.54. The molecule has 0 atom stereocenters. The largest absolute Gasteiger partial charge is 0.326 e. The highest BCUT2D eigenvalue weighted by atomic mass is 32.1. The van der Waals surface area contributed by atoms with Gasteiger partial charge in [0, 0.05) is 42.1 Å². The number of benzene rings is 3. The number of amides is 4. The quantitative estimate of drug-likeness (QED) is 0.404. The van der Waals surface area contributed by atoms with Gasteiger partial charge >= 0.3 is 0 Å². The molecule has 0 unspecified atom stereocenters. The predicted molar refractivity (Wildman–Crippen MR) is 131 cm³/mol. The average Bonchev–Trinajstić information content (AvgIpc) is 3.20. The van der Waals surface area contributed by atoms with Crippen LogP contribution in [0.25, 0.3) is 21.0 Å². The third-order valence-corrected chi connectivity index (χ3v) is 6.53. The zero-order valence-electron chi connectivity index (χ0n) is 18.3. The minimum atomic E-state index is -0.337. The van der Waals surface area contributed by atoms with Crippen LogP contribution in [-0.2, 0) is 9.59 Å². The Balaban J connectivity index is 1.22. The number of hydrogen-bond donors (Lipinski definition) is 2. The summed E-state index contributed by atoms with van der Waals surface area (Å²) in [6.07, 6.45) is 0.467. The molecule has 0 aliphatic carbocycles. The lowest BCUT2D eigenvalue weighted by Gasteiger charge is -2.27. The fourth-order valence-electron chi connectivity index (χ4n) is 4.12. The second kappa shape index (κ2) is 8.68. The van der Waals surface area contributed by atoms with Gasteiger partial charge in [-0.3, -0.25) is 24.1 Å². The summed E-state index contributed by atoms with van der Waals surface area (Å²) in [6.45, 7) is 1.59. The summed E-state index contributed by atoms with van der Waals surface area (Å²) in [5.74, 6) is -1.09. The van der Waals surface area contributed by atoms with E-state index in [-0.39, 0.29) is 36.6 Å². The number of carbonyl (C=O) groups is 4. The van der Waals surface area contributed by atoms with Gasteiger partial charge in [-0.25, -0.2) is 4.98 Å². The molecule has 1 aliphatic heterocycles. The van der Waals surface area contributed by atoms with Crippen LogP contribution in [0.15, 0.2) is 54.6 Å². The Morgan fingerprint density at radius 3 is 2.35 bits per heavy atom. The molecule has 0 radical (unpaired) electrons. The first-order valence-electron chi connectivity index (χ1n) is 10.8. The van der Waals surface area contributed by atoms with Crippen LogP contribution < -0.4 is 10.6 Å². The zero-order chi connectivity index (χ0) is 23.8. The molecule has 2 N–H and O–H groups in total. The minimum absolute atomic E-state index is 0.135. The van der Waals surface area contributed by atoms with Gasteiger partial charge in [0.1, 0.15) is 0 Å². The highest BCUT2D eigenvalue weighted by molar-refractivity contribution is 7.22. The van der Waals surface area contributed by atoms with E-state index in [0.29, 0.717) is 39.3 Å². The van der Waals surface area contributed by atoms with Crippen LogP contribution in [0.2, 0.25) is 0 Å². The molecule has 0 fully saturated rings. The lowest BCUT2D eigenvalue weighted by Crippen LogP contribution is -2.41. The van der Waals surface area contributed by atoms with Gasteiger partial charge in [0.15, 0.2) is 5.13 Å². The number of nitrogens with zero attached hydrogens (tertiary/aromatic N) is 2. The van der Waals surface area contributed by atoms with Crippen LogP contribution in [0.5, 0.6) is 0 Å². The van der Waals surface area contributed by atoms with E-state index in [1.54, 1.807) is 42.5 Å². The summed E-state index contributed by atoms with van der Waals surface area (Å²) < 4.78 is 0.832. The fourth-order valence-corrected chi connectivity index (χ4v) is 5.04. The Labute approximate surface area is 198 Å². The number of anilines is 2. The summed E-state index contributed by atoms with van der Waals surface area (Å²) in [5.41, 5.74) is 2.39. The van der Waals surface area contributed by atoms with Gasteiger partial charge < -0.3 is 10.6 Å². The molecule has 170 valence electrons. The van der Waals surface area contributed by atoms with Gasteiger partial charge in [-0.05, 0) is 42.1 Å². The Morgan fingerprint density at radius 1 is 0.971 bits per heavy atom. The van der Waals surface area contributed by atoms with E-state index in [9.17, 15) is 19.2 Å². The van der Waals surface area contributed by atoms with Gasteiger partial charge in [0.25, 0.3) is 11.8 Å². The van der Waals surface area contributed by atoms with Gasteiger partial charge in [0.05, 0.1) is 10.2 Å². The first-order valence-corrected chi connectivity index (χ1v) is 11.6. The lowest BCUT2D eigenvalue weighted by molar-refractivity contribution is -0.116. The number of hydrogen-bond acceptors (Lipinski definition) is 6. The maximum absolute atomic E-state index is 12.9. The van der Waals surface area contributed by atoms with E-state index >= 15 is 0 Å². The van der Waals surface area contributed by atoms with E-state index in [2.05, 4.69) is 15.6 Å². The molecule has 1 aromatic heterocycles. The van der Waals surface area contributed by atoms with Gasteiger partial charge in [-0.15, -0.1) is 0 Å². The average molecular weight is 473 g/mol. The molecule has 0 bridgehead atoms. The van der Waals surface area contributed by atoms with E-state index in [0.717, 1.165) is 10.1 Å². The van der Waals surface area contributed by atoms with Crippen molar-refractivity contribution in [1.82, 2.24) is 9.88 Å². The fraction of sp³-hybridized carbons (Fsp3) is 0.160. The van der Waals surface area contributed by atoms with E-state index in [4.69, 9.17) is 0 Å². The number of nitrogens with one attached hydrogen (secondary N) is 2. The molecule has 0 spiro atoms. The van der Waals surface area contributed by atoms with Crippen LogP contribution in [0.1, 0.15) is 40.5 Å². The second-order valence-electron chi connectivity index (χ2n) is 8.01. The molecular weight excluding hydrogens is 452 g/mol. The summed E-state index contributed by atoms with van der Waals surface area (Å²) in [5, 5.41) is 7.49. The van der Waals surface area contributed by atoms with Gasteiger partial charge in [-0.1, -0.05) is 35.6 Å². The topological polar surface area (TPSA) is 108 Å². The van der Waals surface area contributed by atoms with Crippen LogP contribution in [0.3, 0.4) is 0 Å². The number of thiazole rings is 1. The van der Waals surface area contributed by atoms with Crippen molar-refractivity contribution in [3.8, 4) is 0 Å². The van der Waals surface area contributed by atoms with Crippen molar-refractivity contribution in [2.24, 2.45) is 0 Å². The number of fused-ring (bicyclic) bond motifs is 1. The Morgan fingerprint density at radius 2 is 1.68 bits per heavy atom. The summed E-state index contributed by atoms with van der Waals surface area (Å²) >= 11 is 1.31. The SMILES string of the molecule is CC(=O)Nc1ccc2nc(NC(=O)CCCN3C(=O)c4cccc5cccc(c45)C3=O)sc2c1. The molecule has 3 aromatic carbocycles. The van der Waals surface area contributed by atoms with E-state index in [1.165, 1.54) is 23.2 Å². The monoisotopic (exact) mass is 472 g/mol. The smallest absolute Gasteiger partial charge is 0.261 e. The molecule has 5 rings (SSSR count). The predicted octanol–water partition coefficient (Wildman–Crippen LogP) is 4.42. The first-order chi connectivity index (χ1) is 16.4. The molecule has 34 heavy (non-hydrogen) atoms. The van der Waals surface area contributed by atoms with Gasteiger partial charge in [0.2, 0.25) is 11.8 Å². The Bertz CT molecular complexity index is 1440. The molecule has 8 nitrogen and oxygen atoms in total. The second-order valence-corrected chi connectivity index (χ2v) is 9.04. The Hall–Kier alpha value is -4.11. The molecule has 9 heteroatoms. The van der Waals surface area contributed by atoms with Crippen molar-refractivity contribution in [3.05, 3.63) is 65.7 Å². The molecule has 2 heterocycles. The van der Waals surface area contributed by atoms with Crippen molar-refractivity contribution in [2.75, 3.05) is 17.2 Å². The highest BCUT2D eigenvalue weighted by Crippen LogP contribution is 2.31. The number of rotatable bonds is 6. The first kappa shape index (κ1) is 21.7. The van der Waals surface area contributed by atoms with Crippen molar-refractivity contribution in [2.45, 2.75) is 19.8 Å². The number of aromatic nitrogens is 1. The highest BCUT2D eigenvalue weighted by Gasteiger charge is 2.32. The zero-order valence-corrected chi connectivity index (χ0v) is 19.1. The molecule has 0 saturated carbocycles. The molecule has 4 amide bonds. The molecule has 4 aromatic rings. The van der Waals surface area contributed by atoms with Crippen LogP contribution in [0, 0.1) is 0 Å². The maximum Gasteiger partial charge on any atom is 0.261 e. The summed E-state index contributed by atoms with van der Waals surface area (Å²) in [7, 11) is 0. The van der Waals surface area contributed by atoms with E-state index < -0.39 is 0 Å². The third kappa shape index (κ3) is 4.01. The number of carbonyl (C=O) groups excluding carboxylic acids is 4.